The molecular formula is C12H10N4O3. The Morgan fingerprint density at radius 2 is 2.16 bits per heavy atom. The van der Waals surface area contributed by atoms with E-state index in [1.807, 2.05) is 0 Å². The molecule has 19 heavy (non-hydrogen) atoms. The number of carboxylic acid groups (broad SMARTS) is 1. The van der Waals surface area contributed by atoms with E-state index in [-0.39, 0.29) is 5.69 Å². The maximum absolute atomic E-state index is 12.0. The maximum Gasteiger partial charge on any atom is 0.328 e. The Morgan fingerprint density at radius 3 is 2.84 bits per heavy atom. The minimum Gasteiger partial charge on any atom is -0.478 e. The molecular weight excluding hydrogens is 248 g/mol. The van der Waals surface area contributed by atoms with Gasteiger partial charge in [0.25, 0.3) is 5.91 Å². The molecule has 1 amide bonds. The third-order valence-corrected chi connectivity index (χ3v) is 2.19. The van der Waals surface area contributed by atoms with Crippen LogP contribution in [-0.2, 0) is 4.79 Å². The number of rotatable bonds is 4. The van der Waals surface area contributed by atoms with Crippen LogP contribution in [0.3, 0.4) is 0 Å². The Bertz CT molecular complexity index is 620. The van der Waals surface area contributed by atoms with Crippen LogP contribution in [0.2, 0.25) is 0 Å². The predicted octanol–water partition coefficient (Wildman–Crippen LogP) is 1.15. The van der Waals surface area contributed by atoms with Crippen molar-refractivity contribution < 1.29 is 14.7 Å². The van der Waals surface area contributed by atoms with E-state index in [0.29, 0.717) is 11.5 Å². The molecule has 96 valence electrons. The molecule has 2 rings (SSSR count). The van der Waals surface area contributed by atoms with E-state index in [1.165, 1.54) is 18.5 Å². The van der Waals surface area contributed by atoms with Crippen molar-refractivity contribution in [2.24, 2.45) is 0 Å². The molecule has 0 spiro atoms. The van der Waals surface area contributed by atoms with Gasteiger partial charge in [0, 0.05) is 30.2 Å². The van der Waals surface area contributed by atoms with E-state index in [4.69, 9.17) is 5.11 Å². The third-order valence-electron chi connectivity index (χ3n) is 2.19. The first-order valence-electron chi connectivity index (χ1n) is 5.33. The van der Waals surface area contributed by atoms with Crippen LogP contribution in [0.1, 0.15) is 16.1 Å². The minimum absolute atomic E-state index is 0.122. The zero-order chi connectivity index (χ0) is 13.7. The quantitative estimate of drug-likeness (QED) is 0.713. The summed E-state index contributed by atoms with van der Waals surface area (Å²) < 4.78 is 0. The van der Waals surface area contributed by atoms with Gasteiger partial charge in [-0.05, 0) is 12.1 Å². The molecule has 0 bridgehead atoms. The van der Waals surface area contributed by atoms with Crippen LogP contribution in [0.5, 0.6) is 0 Å². The first-order valence-corrected chi connectivity index (χ1v) is 5.33. The largest absolute Gasteiger partial charge is 0.478 e. The van der Waals surface area contributed by atoms with Crippen LogP contribution < -0.4 is 5.32 Å². The summed E-state index contributed by atoms with van der Waals surface area (Å²) in [5.41, 5.74) is 0.533. The molecule has 0 aromatic carbocycles. The molecule has 0 unspecified atom stereocenters. The van der Waals surface area contributed by atoms with Gasteiger partial charge >= 0.3 is 5.97 Å². The van der Waals surface area contributed by atoms with Gasteiger partial charge in [-0.1, -0.05) is 6.07 Å². The lowest BCUT2D eigenvalue weighted by Crippen LogP contribution is -2.16. The number of aliphatic carboxylic acids is 1. The van der Waals surface area contributed by atoms with Crippen LogP contribution in [0.4, 0.5) is 5.95 Å². The number of aromatic nitrogens is 3. The number of aromatic amines is 1. The number of carbonyl (C=O) groups is 2. The molecule has 0 radical (unpaired) electrons. The van der Waals surface area contributed by atoms with Crippen LogP contribution in [0, 0.1) is 0 Å². The van der Waals surface area contributed by atoms with Gasteiger partial charge in [0.2, 0.25) is 5.95 Å². The second-order valence-corrected chi connectivity index (χ2v) is 3.50. The summed E-state index contributed by atoms with van der Waals surface area (Å²) in [6.07, 6.45) is 6.78. The molecule has 0 atom stereocenters. The normalized spacial score (nSPS) is 10.5. The summed E-state index contributed by atoms with van der Waals surface area (Å²) in [4.78, 5) is 33.0. The zero-order valence-corrected chi connectivity index (χ0v) is 9.70. The van der Waals surface area contributed by atoms with Crippen molar-refractivity contribution >= 4 is 23.9 Å². The molecule has 0 fully saturated rings. The van der Waals surface area contributed by atoms with Crippen LogP contribution in [0.15, 0.2) is 36.8 Å². The molecule has 0 aliphatic carbocycles. The first kappa shape index (κ1) is 12.5. The molecule has 0 saturated carbocycles. The molecule has 0 aliphatic rings. The van der Waals surface area contributed by atoms with E-state index in [9.17, 15) is 9.59 Å². The Morgan fingerprint density at radius 1 is 1.32 bits per heavy atom. The SMILES string of the molecule is O=C(O)/C=C/c1cccnc1C(=O)Nc1ncc[nH]1. The molecule has 7 heteroatoms. The van der Waals surface area contributed by atoms with Crippen molar-refractivity contribution in [3.8, 4) is 0 Å². The number of imidazole rings is 1. The lowest BCUT2D eigenvalue weighted by atomic mass is 10.1. The summed E-state index contributed by atoms with van der Waals surface area (Å²) in [7, 11) is 0. The maximum atomic E-state index is 12.0. The number of nitrogens with zero attached hydrogens (tertiary/aromatic N) is 2. The molecule has 2 aromatic rings. The Labute approximate surface area is 108 Å². The summed E-state index contributed by atoms with van der Waals surface area (Å²) in [5, 5.41) is 11.1. The fourth-order valence-electron chi connectivity index (χ4n) is 1.40. The fraction of sp³-hybridized carbons (Fsp3) is 0. The predicted molar refractivity (Wildman–Crippen MR) is 67.4 cm³/mol. The Hall–Kier alpha value is -2.96. The number of hydrogen-bond donors (Lipinski definition) is 3. The number of carboxylic acids is 1. The summed E-state index contributed by atoms with van der Waals surface area (Å²) in [6, 6.07) is 3.22. The van der Waals surface area contributed by atoms with Crippen molar-refractivity contribution in [2.75, 3.05) is 5.32 Å². The monoisotopic (exact) mass is 258 g/mol. The first-order chi connectivity index (χ1) is 9.16. The second-order valence-electron chi connectivity index (χ2n) is 3.50. The van der Waals surface area contributed by atoms with Gasteiger partial charge in [-0.3, -0.25) is 15.1 Å². The van der Waals surface area contributed by atoms with E-state index in [0.717, 1.165) is 6.08 Å². The standard InChI is InChI=1S/C12H10N4O3/c17-9(18)4-3-8-2-1-5-13-10(8)11(19)16-12-14-6-7-15-12/h1-7H,(H,17,18)(H2,14,15,16,19)/b4-3+. The second kappa shape index (κ2) is 5.58. The third kappa shape index (κ3) is 3.25. The summed E-state index contributed by atoms with van der Waals surface area (Å²) >= 11 is 0. The van der Waals surface area contributed by atoms with Crippen LogP contribution in [0.25, 0.3) is 6.08 Å². The van der Waals surface area contributed by atoms with Gasteiger partial charge in [0.05, 0.1) is 0 Å². The lowest BCUT2D eigenvalue weighted by Gasteiger charge is -2.04. The minimum atomic E-state index is -1.10. The van der Waals surface area contributed by atoms with Crippen LogP contribution in [-0.4, -0.2) is 31.9 Å². The van der Waals surface area contributed by atoms with E-state index >= 15 is 0 Å². The summed E-state index contributed by atoms with van der Waals surface area (Å²) in [5.74, 6) is -1.27. The molecule has 0 aliphatic heterocycles. The average molecular weight is 258 g/mol. The van der Waals surface area contributed by atoms with Gasteiger partial charge in [0.15, 0.2) is 0 Å². The Kier molecular flexibility index (Phi) is 3.67. The number of hydrogen-bond acceptors (Lipinski definition) is 4. The van der Waals surface area contributed by atoms with Crippen molar-refractivity contribution in [2.45, 2.75) is 0 Å². The van der Waals surface area contributed by atoms with Crippen LogP contribution >= 0.6 is 0 Å². The van der Waals surface area contributed by atoms with E-state index in [2.05, 4.69) is 20.3 Å². The van der Waals surface area contributed by atoms with Crippen molar-refractivity contribution in [1.29, 1.82) is 0 Å². The number of H-pyrrole nitrogens is 1. The number of amides is 1. The number of nitrogens with one attached hydrogen (secondary N) is 2. The van der Waals surface area contributed by atoms with Gasteiger partial charge in [-0.2, -0.15) is 0 Å². The van der Waals surface area contributed by atoms with Crippen molar-refractivity contribution in [3.05, 3.63) is 48.1 Å². The van der Waals surface area contributed by atoms with Gasteiger partial charge in [-0.15, -0.1) is 0 Å². The number of pyridine rings is 1. The van der Waals surface area contributed by atoms with Gasteiger partial charge < -0.3 is 10.1 Å². The number of anilines is 1. The van der Waals surface area contributed by atoms with E-state index in [1.54, 1.807) is 18.3 Å². The molecule has 0 saturated heterocycles. The molecule has 3 N–H and O–H groups in total. The average Bonchev–Trinajstić information content (AvgIpc) is 2.89. The topological polar surface area (TPSA) is 108 Å². The van der Waals surface area contributed by atoms with Gasteiger partial charge in [0.1, 0.15) is 5.69 Å². The van der Waals surface area contributed by atoms with E-state index < -0.39 is 11.9 Å². The fourth-order valence-corrected chi connectivity index (χ4v) is 1.40. The molecule has 2 heterocycles. The lowest BCUT2D eigenvalue weighted by molar-refractivity contribution is -0.131. The van der Waals surface area contributed by atoms with Crippen molar-refractivity contribution in [1.82, 2.24) is 15.0 Å². The summed E-state index contributed by atoms with van der Waals surface area (Å²) in [6.45, 7) is 0. The molecule has 2 aromatic heterocycles. The smallest absolute Gasteiger partial charge is 0.328 e. The highest BCUT2D eigenvalue weighted by atomic mass is 16.4. The highest BCUT2D eigenvalue weighted by Gasteiger charge is 2.12. The highest BCUT2D eigenvalue weighted by Crippen LogP contribution is 2.09. The van der Waals surface area contributed by atoms with Crippen molar-refractivity contribution in [3.63, 3.8) is 0 Å². The highest BCUT2D eigenvalue weighted by molar-refractivity contribution is 6.04. The Balaban J connectivity index is 2.24. The number of carbonyl (C=O) groups excluding carboxylic acids is 1. The van der Waals surface area contributed by atoms with Gasteiger partial charge in [-0.25, -0.2) is 9.78 Å². The zero-order valence-electron chi connectivity index (χ0n) is 9.70. The molecule has 7 nitrogen and oxygen atoms in total.